The quantitative estimate of drug-likeness (QED) is 0.630. The molecule has 1 atom stereocenters. The lowest BCUT2D eigenvalue weighted by atomic mass is 9.70. The summed E-state index contributed by atoms with van der Waals surface area (Å²) in [5.41, 5.74) is 3.74. The van der Waals surface area contributed by atoms with Gasteiger partial charge in [-0.1, -0.05) is 12.1 Å². The number of hydrogen-bond donors (Lipinski definition) is 2. The standard InChI is InChI=1S/C21H21FN2O4/c1-28-17-4-2-3-16(18(17)22)24-10-9-21(20(24)26)8-7-13-11-14(19(25)23-27)5-6-15(13)12-21/h2-6,11,27H,7-10,12H2,1H3,(H,23,25)/t21-/m1/s1. The Morgan fingerprint density at radius 3 is 2.82 bits per heavy atom. The van der Waals surface area contributed by atoms with E-state index >= 15 is 0 Å². The van der Waals surface area contributed by atoms with Crippen LogP contribution in [-0.2, 0) is 17.6 Å². The maximum atomic E-state index is 14.7. The second-order valence-electron chi connectivity index (χ2n) is 7.38. The number of amides is 2. The van der Waals surface area contributed by atoms with Gasteiger partial charge in [0.1, 0.15) is 0 Å². The summed E-state index contributed by atoms with van der Waals surface area (Å²) in [6.07, 6.45) is 2.51. The number of carbonyl (C=O) groups excluding carboxylic acids is 2. The summed E-state index contributed by atoms with van der Waals surface area (Å²) in [6, 6.07) is 10.1. The van der Waals surface area contributed by atoms with Crippen molar-refractivity contribution in [3.8, 4) is 5.75 Å². The van der Waals surface area contributed by atoms with E-state index in [4.69, 9.17) is 9.94 Å². The topological polar surface area (TPSA) is 78.9 Å². The zero-order chi connectivity index (χ0) is 19.9. The molecular formula is C21H21FN2O4. The van der Waals surface area contributed by atoms with Crippen molar-refractivity contribution in [2.75, 3.05) is 18.6 Å². The normalized spacial score (nSPS) is 21.0. The molecule has 146 valence electrons. The number of ether oxygens (including phenoxy) is 1. The molecule has 1 heterocycles. The van der Waals surface area contributed by atoms with Gasteiger partial charge in [-0.2, -0.15) is 0 Å². The summed E-state index contributed by atoms with van der Waals surface area (Å²) < 4.78 is 19.7. The predicted octanol–water partition coefficient (Wildman–Crippen LogP) is 2.87. The summed E-state index contributed by atoms with van der Waals surface area (Å²) in [5, 5.41) is 8.80. The Morgan fingerprint density at radius 1 is 1.25 bits per heavy atom. The highest BCUT2D eigenvalue weighted by Crippen LogP contribution is 2.46. The molecule has 2 aromatic carbocycles. The van der Waals surface area contributed by atoms with Gasteiger partial charge in [-0.05, 0) is 61.1 Å². The van der Waals surface area contributed by atoms with Gasteiger partial charge in [0.2, 0.25) is 5.91 Å². The first-order valence-corrected chi connectivity index (χ1v) is 9.20. The van der Waals surface area contributed by atoms with Gasteiger partial charge in [-0.3, -0.25) is 14.8 Å². The molecule has 0 aromatic heterocycles. The van der Waals surface area contributed by atoms with Gasteiger partial charge in [0.25, 0.3) is 5.91 Å². The van der Waals surface area contributed by atoms with Gasteiger partial charge in [-0.25, -0.2) is 9.87 Å². The van der Waals surface area contributed by atoms with Crippen LogP contribution in [0.2, 0.25) is 0 Å². The molecule has 2 aliphatic rings. The molecule has 0 saturated carbocycles. The van der Waals surface area contributed by atoms with E-state index in [1.54, 1.807) is 29.7 Å². The molecule has 28 heavy (non-hydrogen) atoms. The lowest BCUT2D eigenvalue weighted by Gasteiger charge is -2.33. The van der Waals surface area contributed by atoms with Gasteiger partial charge >= 0.3 is 0 Å². The summed E-state index contributed by atoms with van der Waals surface area (Å²) in [7, 11) is 1.40. The van der Waals surface area contributed by atoms with Crippen molar-refractivity contribution >= 4 is 17.5 Å². The maximum Gasteiger partial charge on any atom is 0.274 e. The lowest BCUT2D eigenvalue weighted by molar-refractivity contribution is -0.126. The highest BCUT2D eigenvalue weighted by Gasteiger charge is 2.49. The molecular weight excluding hydrogens is 363 g/mol. The number of fused-ring (bicyclic) bond motifs is 1. The van der Waals surface area contributed by atoms with E-state index in [0.29, 0.717) is 37.8 Å². The summed E-state index contributed by atoms with van der Waals surface area (Å²) >= 11 is 0. The van der Waals surface area contributed by atoms with Crippen LogP contribution in [0, 0.1) is 11.2 Å². The van der Waals surface area contributed by atoms with Crippen LogP contribution in [0.1, 0.15) is 34.3 Å². The number of carbonyl (C=O) groups is 2. The zero-order valence-electron chi connectivity index (χ0n) is 15.5. The van der Waals surface area contributed by atoms with E-state index in [9.17, 15) is 14.0 Å². The number of rotatable bonds is 3. The van der Waals surface area contributed by atoms with Crippen LogP contribution in [0.3, 0.4) is 0 Å². The van der Waals surface area contributed by atoms with Crippen LogP contribution in [0.4, 0.5) is 10.1 Å². The predicted molar refractivity (Wildman–Crippen MR) is 100 cm³/mol. The lowest BCUT2D eigenvalue weighted by Crippen LogP contribution is -2.39. The maximum absolute atomic E-state index is 14.7. The minimum Gasteiger partial charge on any atom is -0.494 e. The van der Waals surface area contributed by atoms with Gasteiger partial charge < -0.3 is 9.64 Å². The molecule has 6 nitrogen and oxygen atoms in total. The Bertz CT molecular complexity index is 961. The fourth-order valence-electron chi connectivity index (χ4n) is 4.38. The van der Waals surface area contributed by atoms with Crippen molar-refractivity contribution in [2.45, 2.75) is 25.7 Å². The van der Waals surface area contributed by atoms with Gasteiger partial charge in [0.15, 0.2) is 11.6 Å². The second kappa shape index (κ2) is 6.91. The van der Waals surface area contributed by atoms with Crippen molar-refractivity contribution in [1.82, 2.24) is 5.48 Å². The number of anilines is 1. The fourth-order valence-corrected chi connectivity index (χ4v) is 4.38. The summed E-state index contributed by atoms with van der Waals surface area (Å²) in [5.74, 6) is -1.02. The largest absolute Gasteiger partial charge is 0.494 e. The van der Waals surface area contributed by atoms with Gasteiger partial charge in [0.05, 0.1) is 18.2 Å². The van der Waals surface area contributed by atoms with Crippen LogP contribution in [0.25, 0.3) is 0 Å². The van der Waals surface area contributed by atoms with Crippen molar-refractivity contribution in [3.05, 3.63) is 58.9 Å². The molecule has 2 aromatic rings. The molecule has 1 aliphatic heterocycles. The van der Waals surface area contributed by atoms with Gasteiger partial charge in [0, 0.05) is 12.1 Å². The molecule has 1 spiro atoms. The molecule has 7 heteroatoms. The van der Waals surface area contributed by atoms with Gasteiger partial charge in [-0.15, -0.1) is 0 Å². The molecule has 1 aliphatic carbocycles. The molecule has 2 N–H and O–H groups in total. The van der Waals surface area contributed by atoms with Crippen LogP contribution < -0.4 is 15.1 Å². The minimum atomic E-state index is -0.556. The van der Waals surface area contributed by atoms with Crippen LogP contribution in [-0.4, -0.2) is 30.7 Å². The Morgan fingerprint density at radius 2 is 2.07 bits per heavy atom. The first kappa shape index (κ1) is 18.4. The molecule has 0 unspecified atom stereocenters. The Hall–Kier alpha value is -2.93. The average molecular weight is 384 g/mol. The van der Waals surface area contributed by atoms with Crippen LogP contribution >= 0.6 is 0 Å². The average Bonchev–Trinajstić information content (AvgIpc) is 3.03. The monoisotopic (exact) mass is 384 g/mol. The molecule has 1 fully saturated rings. The van der Waals surface area contributed by atoms with Crippen molar-refractivity contribution < 1.29 is 23.9 Å². The molecule has 4 rings (SSSR count). The number of nitrogens with zero attached hydrogens (tertiary/aromatic N) is 1. The van der Waals surface area contributed by atoms with E-state index in [1.807, 2.05) is 6.07 Å². The van der Waals surface area contributed by atoms with Crippen LogP contribution in [0.15, 0.2) is 36.4 Å². The number of hydrogen-bond acceptors (Lipinski definition) is 4. The Balaban J connectivity index is 1.61. The van der Waals surface area contributed by atoms with E-state index in [2.05, 4.69) is 0 Å². The van der Waals surface area contributed by atoms with E-state index in [0.717, 1.165) is 11.1 Å². The number of aryl methyl sites for hydroxylation is 1. The highest BCUT2D eigenvalue weighted by atomic mass is 19.1. The van der Waals surface area contributed by atoms with E-state index in [1.165, 1.54) is 18.1 Å². The number of halogens is 1. The third kappa shape index (κ3) is 2.82. The number of hydroxylamine groups is 1. The SMILES string of the molecule is COc1cccc(N2CC[C@@]3(CCc4cc(C(=O)NO)ccc4C3)C2=O)c1F. The zero-order valence-corrected chi connectivity index (χ0v) is 15.5. The molecule has 1 saturated heterocycles. The number of methoxy groups -OCH3 is 1. The first-order chi connectivity index (χ1) is 13.5. The van der Waals surface area contributed by atoms with Crippen molar-refractivity contribution in [2.24, 2.45) is 5.41 Å². The smallest absolute Gasteiger partial charge is 0.274 e. The summed E-state index contributed by atoms with van der Waals surface area (Å²) in [4.78, 5) is 26.4. The Labute approximate surface area is 161 Å². The Kier molecular flexibility index (Phi) is 4.55. The number of benzene rings is 2. The molecule has 0 radical (unpaired) electrons. The molecule has 0 bridgehead atoms. The third-order valence-corrected chi connectivity index (χ3v) is 5.94. The first-order valence-electron chi connectivity index (χ1n) is 9.20. The highest BCUT2D eigenvalue weighted by molar-refractivity contribution is 6.00. The van der Waals surface area contributed by atoms with E-state index < -0.39 is 17.1 Å². The molecule has 2 amide bonds. The second-order valence-corrected chi connectivity index (χ2v) is 7.38. The van der Waals surface area contributed by atoms with Crippen molar-refractivity contribution in [1.29, 1.82) is 0 Å². The number of nitrogens with one attached hydrogen (secondary N) is 1. The van der Waals surface area contributed by atoms with Crippen molar-refractivity contribution in [3.63, 3.8) is 0 Å². The van der Waals surface area contributed by atoms with Crippen LogP contribution in [0.5, 0.6) is 5.75 Å². The third-order valence-electron chi connectivity index (χ3n) is 5.94. The fraction of sp³-hybridized carbons (Fsp3) is 0.333. The van der Waals surface area contributed by atoms with E-state index in [-0.39, 0.29) is 17.3 Å². The summed E-state index contributed by atoms with van der Waals surface area (Å²) in [6.45, 7) is 0.462. The minimum absolute atomic E-state index is 0.0671.